The molecule has 3 atom stereocenters. The summed E-state index contributed by atoms with van der Waals surface area (Å²) in [5.41, 5.74) is 15.2. The molecule has 0 aromatic heterocycles. The summed E-state index contributed by atoms with van der Waals surface area (Å²) in [6, 6.07) is 0. The lowest BCUT2D eigenvalue weighted by atomic mass is 9.86. The third-order valence-corrected chi connectivity index (χ3v) is 12.7. The lowest BCUT2D eigenvalue weighted by Crippen LogP contribution is -2.15. The summed E-state index contributed by atoms with van der Waals surface area (Å²) in [4.78, 5) is 42.7. The van der Waals surface area contributed by atoms with Crippen LogP contribution in [0.5, 0.6) is 0 Å². The Labute approximate surface area is 363 Å². The van der Waals surface area contributed by atoms with Gasteiger partial charge in [-0.05, 0) is 140 Å². The van der Waals surface area contributed by atoms with Crippen molar-refractivity contribution in [3.05, 3.63) is 127 Å². The number of allylic oxidation sites excluding steroid dienone is 16. The van der Waals surface area contributed by atoms with Crippen molar-refractivity contribution in [2.24, 2.45) is 32.7 Å². The Bertz CT molecular complexity index is 2300. The van der Waals surface area contributed by atoms with Crippen molar-refractivity contribution >= 4 is 28.9 Å². The predicted octanol–water partition coefficient (Wildman–Crippen LogP) is 11.4. The molecule has 0 spiro atoms. The molecule has 1 aliphatic carbocycles. The van der Waals surface area contributed by atoms with Gasteiger partial charge >= 0.3 is 5.97 Å². The molecule has 0 unspecified atom stereocenters. The third kappa shape index (κ3) is 10.2. The monoisotopic (exact) mass is 827 g/mol. The number of ether oxygens (including phenoxy) is 1. The smallest absolute Gasteiger partial charge is 0.306 e. The minimum absolute atomic E-state index is 0.0397. The quantitative estimate of drug-likeness (QED) is 0.0806. The van der Waals surface area contributed by atoms with Crippen molar-refractivity contribution in [1.82, 2.24) is 5.32 Å². The number of rotatable bonds is 16. The van der Waals surface area contributed by atoms with Crippen LogP contribution in [0.4, 0.5) is 0 Å². The molecule has 5 heterocycles. The van der Waals surface area contributed by atoms with Crippen molar-refractivity contribution in [3.63, 3.8) is 0 Å². The highest BCUT2D eigenvalue weighted by atomic mass is 16.5. The van der Waals surface area contributed by atoms with Crippen molar-refractivity contribution in [2.45, 2.75) is 140 Å². The van der Waals surface area contributed by atoms with E-state index in [1.807, 2.05) is 38.2 Å². The molecule has 1 saturated heterocycles. The van der Waals surface area contributed by atoms with Crippen molar-refractivity contribution in [2.75, 3.05) is 6.61 Å². The molecule has 2 fully saturated rings. The number of nitrogens with zero attached hydrogens (tertiary/aromatic N) is 3. The van der Waals surface area contributed by atoms with Crippen LogP contribution in [-0.4, -0.2) is 51.8 Å². The zero-order valence-electron chi connectivity index (χ0n) is 38.1. The standard InChI is InChI=1S/C52H66N4O5/c1-11-36-43-26-44-38(19-18-30(4)5)40(28-57)45(54-44)27-46-49(35(10)58)34(9)42(53-46)25-41-33(8)37(51(55-41)39-24-47(59)50(36)52(39)56-43)20-21-48(60)61-23-22-32(7)17-13-16-31(6)15-12-14-29(2)3/h14,16,22,25-28,30,33,35,37,55,57-58H,11-13,15,17-21,23-24H2,1-10H3/b31-16+,32-22+,40-28-,41-25?,43-26?,46-27?,51-39?/t33-,35+,37-/m0/s1. The normalized spacial score (nSPS) is 22.6. The van der Waals surface area contributed by atoms with Crippen LogP contribution in [0, 0.1) is 17.8 Å². The summed E-state index contributed by atoms with van der Waals surface area (Å²) in [5.74, 6) is 0.0562. The number of aliphatic imine (C=N–C) groups is 3. The van der Waals surface area contributed by atoms with Gasteiger partial charge < -0.3 is 20.3 Å². The number of hydrogen-bond acceptors (Lipinski definition) is 9. The Balaban J connectivity index is 1.32. The number of nitrogens with one attached hydrogen (secondary N) is 1. The second-order valence-corrected chi connectivity index (χ2v) is 18.1. The number of carbonyl (C=O) groups excluding carboxylic acids is 2. The number of esters is 1. The van der Waals surface area contributed by atoms with Crippen LogP contribution in [-0.2, 0) is 14.3 Å². The van der Waals surface area contributed by atoms with E-state index in [4.69, 9.17) is 19.7 Å². The number of carbonyl (C=O) groups is 2. The lowest BCUT2D eigenvalue weighted by molar-refractivity contribution is -0.142. The van der Waals surface area contributed by atoms with E-state index in [1.54, 1.807) is 6.92 Å². The molecular formula is C52H66N4O5. The molecule has 8 bridgehead atoms. The average Bonchev–Trinajstić information content (AvgIpc) is 3.97. The molecule has 9 nitrogen and oxygen atoms in total. The maximum absolute atomic E-state index is 14.0. The first-order chi connectivity index (χ1) is 29.1. The molecule has 3 N–H and O–H groups in total. The van der Waals surface area contributed by atoms with Gasteiger partial charge in [0.05, 0.1) is 46.6 Å². The van der Waals surface area contributed by atoms with Gasteiger partial charge in [-0.2, -0.15) is 0 Å². The first-order valence-electron chi connectivity index (χ1n) is 22.4. The number of ketones is 1. The topological polar surface area (TPSA) is 133 Å². The molecule has 0 aromatic carbocycles. The van der Waals surface area contributed by atoms with Gasteiger partial charge in [0, 0.05) is 58.4 Å². The number of fused-ring (bicyclic) bond motifs is 5. The van der Waals surface area contributed by atoms with Crippen LogP contribution in [0.25, 0.3) is 0 Å². The van der Waals surface area contributed by atoms with E-state index >= 15 is 0 Å². The molecule has 6 aliphatic rings. The van der Waals surface area contributed by atoms with Crippen LogP contribution in [0.2, 0.25) is 0 Å². The number of Topliss-reactive ketones (excluding diaryl/α,β-unsaturated/α-hetero) is 1. The van der Waals surface area contributed by atoms with E-state index in [0.29, 0.717) is 76.1 Å². The fraction of sp³-hybridized carbons (Fsp3) is 0.481. The summed E-state index contributed by atoms with van der Waals surface area (Å²) < 4.78 is 5.75. The highest BCUT2D eigenvalue weighted by Crippen LogP contribution is 2.46. The lowest BCUT2D eigenvalue weighted by Gasteiger charge is -2.17. The summed E-state index contributed by atoms with van der Waals surface area (Å²) in [6.45, 7) is 21.0. The van der Waals surface area contributed by atoms with Crippen LogP contribution in [0.15, 0.2) is 142 Å². The molecule has 6 rings (SSSR count). The highest BCUT2D eigenvalue weighted by molar-refractivity contribution is 6.38. The maximum Gasteiger partial charge on any atom is 0.306 e. The Morgan fingerprint density at radius 3 is 2.33 bits per heavy atom. The largest absolute Gasteiger partial charge is 0.515 e. The first-order valence-corrected chi connectivity index (χ1v) is 22.4. The zero-order chi connectivity index (χ0) is 44.1. The van der Waals surface area contributed by atoms with Crippen molar-refractivity contribution < 1.29 is 24.5 Å². The Kier molecular flexibility index (Phi) is 14.7. The molecule has 324 valence electrons. The first kappa shape index (κ1) is 45.4. The van der Waals surface area contributed by atoms with Gasteiger partial charge in [0.2, 0.25) is 0 Å². The molecule has 5 aliphatic heterocycles. The fourth-order valence-corrected chi connectivity index (χ4v) is 9.12. The highest BCUT2D eigenvalue weighted by Gasteiger charge is 2.43. The van der Waals surface area contributed by atoms with E-state index in [1.165, 1.54) is 16.7 Å². The number of aliphatic hydroxyl groups is 2. The summed E-state index contributed by atoms with van der Waals surface area (Å²) >= 11 is 0. The van der Waals surface area contributed by atoms with Crippen LogP contribution in [0.3, 0.4) is 0 Å². The van der Waals surface area contributed by atoms with E-state index in [0.717, 1.165) is 72.1 Å². The molecule has 0 radical (unpaired) electrons. The van der Waals surface area contributed by atoms with Crippen LogP contribution < -0.4 is 5.32 Å². The second-order valence-electron chi connectivity index (χ2n) is 18.1. The van der Waals surface area contributed by atoms with Crippen molar-refractivity contribution in [1.29, 1.82) is 0 Å². The van der Waals surface area contributed by atoms with Gasteiger partial charge in [-0.1, -0.05) is 56.6 Å². The van der Waals surface area contributed by atoms with Crippen LogP contribution >= 0.6 is 0 Å². The number of aliphatic hydroxyl groups excluding tert-OH is 2. The Morgan fingerprint density at radius 2 is 1.66 bits per heavy atom. The zero-order valence-corrected chi connectivity index (χ0v) is 38.1. The third-order valence-electron chi connectivity index (χ3n) is 12.7. The van der Waals surface area contributed by atoms with E-state index in [9.17, 15) is 19.8 Å². The minimum atomic E-state index is -0.801. The molecule has 9 heteroatoms. The maximum atomic E-state index is 14.0. The van der Waals surface area contributed by atoms with E-state index < -0.39 is 6.10 Å². The second kappa shape index (κ2) is 19.7. The minimum Gasteiger partial charge on any atom is -0.515 e. The predicted molar refractivity (Wildman–Crippen MR) is 248 cm³/mol. The number of hydrogen-bond donors (Lipinski definition) is 3. The molecule has 61 heavy (non-hydrogen) atoms. The average molecular weight is 827 g/mol. The van der Waals surface area contributed by atoms with Gasteiger partial charge in [-0.3, -0.25) is 9.59 Å². The SMILES string of the molecule is CCC1=C2C(=O)CC3=C4NC(=CC5=NC(=CC6=NC(=C(CCC(C)C)/C6=C/O)C=C1N=C32)C([C@@H](C)O)=C5C)[C@@H](C)[C@@H]4CCC(=O)OC/C=C(\C)CC/C=C(\C)CCC=C(C)C. The molecule has 0 aromatic rings. The summed E-state index contributed by atoms with van der Waals surface area (Å²) in [7, 11) is 0. The molecule has 0 amide bonds. The van der Waals surface area contributed by atoms with Gasteiger partial charge in [-0.15, -0.1) is 0 Å². The van der Waals surface area contributed by atoms with Gasteiger partial charge in [0.1, 0.15) is 6.61 Å². The fourth-order valence-electron chi connectivity index (χ4n) is 9.12. The Morgan fingerprint density at radius 1 is 0.934 bits per heavy atom. The molecule has 1 saturated carbocycles. The summed E-state index contributed by atoms with van der Waals surface area (Å²) in [6.07, 6.45) is 20.0. The van der Waals surface area contributed by atoms with Gasteiger partial charge in [0.15, 0.2) is 5.78 Å². The van der Waals surface area contributed by atoms with E-state index in [-0.39, 0.29) is 43.0 Å². The van der Waals surface area contributed by atoms with Crippen molar-refractivity contribution in [3.8, 4) is 0 Å². The van der Waals surface area contributed by atoms with Gasteiger partial charge in [-0.25, -0.2) is 15.0 Å². The van der Waals surface area contributed by atoms with E-state index in [2.05, 4.69) is 65.9 Å². The Hall–Kier alpha value is -5.15. The molecular weight excluding hydrogens is 761 g/mol. The summed E-state index contributed by atoms with van der Waals surface area (Å²) in [5, 5.41) is 25.5. The van der Waals surface area contributed by atoms with Crippen LogP contribution in [0.1, 0.15) is 133 Å². The van der Waals surface area contributed by atoms with Gasteiger partial charge in [0.25, 0.3) is 0 Å².